The molecule has 5 heteroatoms. The quantitative estimate of drug-likeness (QED) is 0.720. The Morgan fingerprint density at radius 1 is 1.44 bits per heavy atom. The van der Waals surface area contributed by atoms with Gasteiger partial charge in [-0.05, 0) is 20.3 Å². The lowest BCUT2D eigenvalue weighted by Crippen LogP contribution is -2.13. The summed E-state index contributed by atoms with van der Waals surface area (Å²) < 4.78 is 9.94. The number of nitrogens with zero attached hydrogens (tertiary/aromatic N) is 2. The summed E-state index contributed by atoms with van der Waals surface area (Å²) in [7, 11) is 0. The van der Waals surface area contributed by atoms with Gasteiger partial charge in [0.1, 0.15) is 5.92 Å². The smallest absolute Gasteiger partial charge is 0.318 e. The molecular formula is C11H18N2O3. The molecule has 0 saturated heterocycles. The average molecular weight is 226 g/mol. The highest BCUT2D eigenvalue weighted by Crippen LogP contribution is 2.19. The van der Waals surface area contributed by atoms with Crippen LogP contribution in [0.25, 0.3) is 0 Å². The van der Waals surface area contributed by atoms with Crippen LogP contribution in [0.1, 0.15) is 57.7 Å². The molecule has 0 N–H and O–H groups in total. The minimum Gasteiger partial charge on any atom is -0.465 e. The van der Waals surface area contributed by atoms with Gasteiger partial charge in [-0.2, -0.15) is 4.98 Å². The van der Waals surface area contributed by atoms with Crippen molar-refractivity contribution >= 4 is 5.97 Å². The molecule has 0 spiro atoms. The Morgan fingerprint density at radius 3 is 2.69 bits per heavy atom. The van der Waals surface area contributed by atoms with Crippen molar-refractivity contribution in [3.8, 4) is 0 Å². The van der Waals surface area contributed by atoms with Crippen LogP contribution in [-0.2, 0) is 9.53 Å². The summed E-state index contributed by atoms with van der Waals surface area (Å²) in [6.45, 7) is 7.89. The van der Waals surface area contributed by atoms with Crippen molar-refractivity contribution in [1.82, 2.24) is 10.1 Å². The lowest BCUT2D eigenvalue weighted by molar-refractivity contribution is -0.145. The zero-order chi connectivity index (χ0) is 12.1. The molecule has 0 bridgehead atoms. The summed E-state index contributed by atoms with van der Waals surface area (Å²) in [6, 6.07) is 0. The summed E-state index contributed by atoms with van der Waals surface area (Å²) in [5.41, 5.74) is 0. The largest absolute Gasteiger partial charge is 0.465 e. The van der Waals surface area contributed by atoms with Gasteiger partial charge >= 0.3 is 5.97 Å². The Bertz CT molecular complexity index is 349. The van der Waals surface area contributed by atoms with Crippen LogP contribution in [0.4, 0.5) is 0 Å². The van der Waals surface area contributed by atoms with Crippen LogP contribution >= 0.6 is 0 Å². The molecule has 2 atom stereocenters. The molecule has 1 rings (SSSR count). The molecule has 0 fully saturated rings. The van der Waals surface area contributed by atoms with Crippen molar-refractivity contribution < 1.29 is 14.1 Å². The van der Waals surface area contributed by atoms with Gasteiger partial charge in [0.05, 0.1) is 6.61 Å². The molecule has 2 unspecified atom stereocenters. The molecule has 1 heterocycles. The molecule has 90 valence electrons. The van der Waals surface area contributed by atoms with Gasteiger partial charge in [0.2, 0.25) is 5.89 Å². The summed E-state index contributed by atoms with van der Waals surface area (Å²) in [5, 5.41) is 3.86. The number of esters is 1. The standard InChI is InChI=1S/C11H18N2O3/c1-5-7(3)9-12-10(16-13-9)8(4)11(14)15-6-2/h7-8H,5-6H2,1-4H3. The first-order valence-electron chi connectivity index (χ1n) is 5.60. The van der Waals surface area contributed by atoms with Gasteiger partial charge in [-0.1, -0.05) is 19.0 Å². The van der Waals surface area contributed by atoms with E-state index in [4.69, 9.17) is 9.26 Å². The predicted octanol–water partition coefficient (Wildman–Crippen LogP) is 2.25. The van der Waals surface area contributed by atoms with Crippen LogP contribution in [0.3, 0.4) is 0 Å². The van der Waals surface area contributed by atoms with Crippen LogP contribution in [0.2, 0.25) is 0 Å². The maximum absolute atomic E-state index is 11.4. The fourth-order valence-electron chi connectivity index (χ4n) is 1.17. The van der Waals surface area contributed by atoms with Crippen molar-refractivity contribution in [1.29, 1.82) is 0 Å². The lowest BCUT2D eigenvalue weighted by atomic mass is 10.1. The van der Waals surface area contributed by atoms with Crippen LogP contribution in [-0.4, -0.2) is 22.7 Å². The van der Waals surface area contributed by atoms with Crippen molar-refractivity contribution in [2.45, 2.75) is 46.0 Å². The van der Waals surface area contributed by atoms with E-state index in [0.717, 1.165) is 6.42 Å². The highest BCUT2D eigenvalue weighted by atomic mass is 16.5. The van der Waals surface area contributed by atoms with Gasteiger partial charge in [0.15, 0.2) is 5.82 Å². The van der Waals surface area contributed by atoms with Crippen LogP contribution in [0.15, 0.2) is 4.52 Å². The molecule has 0 aromatic carbocycles. The van der Waals surface area contributed by atoms with Crippen molar-refractivity contribution in [3.05, 3.63) is 11.7 Å². The Balaban J connectivity index is 2.73. The Labute approximate surface area is 95.2 Å². The monoisotopic (exact) mass is 226 g/mol. The number of carbonyl (C=O) groups is 1. The minimum atomic E-state index is -0.495. The fourth-order valence-corrected chi connectivity index (χ4v) is 1.17. The van der Waals surface area contributed by atoms with E-state index in [9.17, 15) is 4.79 Å². The number of aromatic nitrogens is 2. The molecule has 0 radical (unpaired) electrons. The summed E-state index contributed by atoms with van der Waals surface area (Å²) in [6.07, 6.45) is 0.937. The normalized spacial score (nSPS) is 14.5. The predicted molar refractivity (Wildman–Crippen MR) is 58.1 cm³/mol. The van der Waals surface area contributed by atoms with Gasteiger partial charge in [-0.15, -0.1) is 0 Å². The second-order valence-corrected chi connectivity index (χ2v) is 3.77. The molecule has 1 aromatic heterocycles. The second kappa shape index (κ2) is 5.63. The third-order valence-electron chi connectivity index (χ3n) is 2.52. The molecule has 0 saturated carbocycles. The molecule has 5 nitrogen and oxygen atoms in total. The van der Waals surface area contributed by atoms with Gasteiger partial charge < -0.3 is 9.26 Å². The molecule has 0 aliphatic carbocycles. The molecular weight excluding hydrogens is 208 g/mol. The topological polar surface area (TPSA) is 65.2 Å². The van der Waals surface area contributed by atoms with E-state index in [1.54, 1.807) is 13.8 Å². The average Bonchev–Trinajstić information content (AvgIpc) is 2.76. The van der Waals surface area contributed by atoms with E-state index < -0.39 is 5.92 Å². The van der Waals surface area contributed by atoms with Gasteiger partial charge in [0.25, 0.3) is 0 Å². The molecule has 0 aliphatic rings. The van der Waals surface area contributed by atoms with Gasteiger partial charge in [-0.25, -0.2) is 0 Å². The first-order chi connectivity index (χ1) is 7.60. The first kappa shape index (κ1) is 12.7. The fraction of sp³-hybridized carbons (Fsp3) is 0.727. The summed E-state index contributed by atoms with van der Waals surface area (Å²) in [4.78, 5) is 15.6. The maximum Gasteiger partial charge on any atom is 0.318 e. The zero-order valence-electron chi connectivity index (χ0n) is 10.2. The van der Waals surface area contributed by atoms with Crippen LogP contribution in [0, 0.1) is 0 Å². The van der Waals surface area contributed by atoms with E-state index in [2.05, 4.69) is 17.1 Å². The minimum absolute atomic E-state index is 0.242. The number of hydrogen-bond acceptors (Lipinski definition) is 5. The molecule has 0 amide bonds. The van der Waals surface area contributed by atoms with Crippen LogP contribution < -0.4 is 0 Å². The highest BCUT2D eigenvalue weighted by Gasteiger charge is 2.23. The van der Waals surface area contributed by atoms with Crippen LogP contribution in [0.5, 0.6) is 0 Å². The Morgan fingerprint density at radius 2 is 2.12 bits per heavy atom. The van der Waals surface area contributed by atoms with Gasteiger partial charge in [-0.3, -0.25) is 4.79 Å². The highest BCUT2D eigenvalue weighted by molar-refractivity contribution is 5.76. The molecule has 16 heavy (non-hydrogen) atoms. The first-order valence-corrected chi connectivity index (χ1v) is 5.60. The second-order valence-electron chi connectivity index (χ2n) is 3.77. The third kappa shape index (κ3) is 2.81. The van der Waals surface area contributed by atoms with Crippen molar-refractivity contribution in [2.24, 2.45) is 0 Å². The number of rotatable bonds is 5. The van der Waals surface area contributed by atoms with E-state index in [1.807, 2.05) is 6.92 Å². The Hall–Kier alpha value is -1.39. The number of hydrogen-bond donors (Lipinski definition) is 0. The zero-order valence-corrected chi connectivity index (χ0v) is 10.2. The summed E-state index contributed by atoms with van der Waals surface area (Å²) in [5.74, 6) is 0.390. The molecule has 1 aromatic rings. The van der Waals surface area contributed by atoms with E-state index in [1.165, 1.54) is 0 Å². The SMILES string of the molecule is CCOC(=O)C(C)c1nc(C(C)CC)no1. The third-order valence-corrected chi connectivity index (χ3v) is 2.52. The number of ether oxygens (including phenoxy) is 1. The Kier molecular flexibility index (Phi) is 4.46. The molecule has 0 aliphatic heterocycles. The van der Waals surface area contributed by atoms with E-state index in [0.29, 0.717) is 18.3 Å². The van der Waals surface area contributed by atoms with Crippen molar-refractivity contribution in [3.63, 3.8) is 0 Å². The van der Waals surface area contributed by atoms with Crippen molar-refractivity contribution in [2.75, 3.05) is 6.61 Å². The van der Waals surface area contributed by atoms with E-state index in [-0.39, 0.29) is 11.9 Å². The summed E-state index contributed by atoms with van der Waals surface area (Å²) >= 11 is 0. The number of carbonyl (C=O) groups excluding carboxylic acids is 1. The lowest BCUT2D eigenvalue weighted by Gasteiger charge is -2.05. The van der Waals surface area contributed by atoms with E-state index >= 15 is 0 Å². The maximum atomic E-state index is 11.4. The van der Waals surface area contributed by atoms with Gasteiger partial charge in [0, 0.05) is 5.92 Å².